The van der Waals surface area contributed by atoms with Gasteiger partial charge in [-0.25, -0.2) is 0 Å². The average molecular weight is 512 g/mol. The molecule has 0 saturated carbocycles. The fourth-order valence-electron chi connectivity index (χ4n) is 4.88. The second kappa shape index (κ2) is 10.8. The van der Waals surface area contributed by atoms with Crippen LogP contribution in [0, 0.1) is 23.2 Å². The molecule has 12 heteroatoms. The van der Waals surface area contributed by atoms with Gasteiger partial charge in [0.2, 0.25) is 17.6 Å². The summed E-state index contributed by atoms with van der Waals surface area (Å²) in [7, 11) is 4.37. The van der Waals surface area contributed by atoms with Gasteiger partial charge in [0, 0.05) is 19.0 Å². The van der Waals surface area contributed by atoms with Crippen LogP contribution in [0.25, 0.3) is 0 Å². The first kappa shape index (κ1) is 25.8. The van der Waals surface area contributed by atoms with Crippen molar-refractivity contribution in [3.63, 3.8) is 0 Å². The van der Waals surface area contributed by atoms with E-state index in [2.05, 4.69) is 15.3 Å². The number of ether oxygens (including phenoxy) is 4. The van der Waals surface area contributed by atoms with Gasteiger partial charge >= 0.3 is 5.97 Å². The lowest BCUT2D eigenvalue weighted by Crippen LogP contribution is -2.41. The molecule has 2 unspecified atom stereocenters. The van der Waals surface area contributed by atoms with E-state index < -0.39 is 23.3 Å². The predicted molar refractivity (Wildman–Crippen MR) is 132 cm³/mol. The third-order valence-corrected chi connectivity index (χ3v) is 6.71. The summed E-state index contributed by atoms with van der Waals surface area (Å²) in [5.41, 5.74) is 0.143. The molecule has 2 aliphatic rings. The van der Waals surface area contributed by atoms with E-state index in [1.807, 2.05) is 11.0 Å². The lowest BCUT2D eigenvalue weighted by atomic mass is 9.79. The molecule has 0 bridgehead atoms. The summed E-state index contributed by atoms with van der Waals surface area (Å²) in [6, 6.07) is 5.25. The SMILES string of the molecule is CCOC(=O)C1CCN(c2nc3c(c(=O)[nH]2)C(c2cc(OC)c(OC)c(OC)c2)C(C#N)C(=O)N3)CC1. The number of methoxy groups -OCH3 is 3. The lowest BCUT2D eigenvalue weighted by Gasteiger charge is -2.33. The van der Waals surface area contributed by atoms with Crippen LogP contribution < -0.4 is 30.0 Å². The predicted octanol–water partition coefficient (Wildman–Crippen LogP) is 1.80. The van der Waals surface area contributed by atoms with E-state index in [0.29, 0.717) is 55.4 Å². The highest BCUT2D eigenvalue weighted by atomic mass is 16.5. The molecular formula is C25H29N5O7. The Kier molecular flexibility index (Phi) is 7.52. The number of carbonyl (C=O) groups excluding carboxylic acids is 2. The molecule has 2 atom stereocenters. The van der Waals surface area contributed by atoms with E-state index in [0.717, 1.165) is 0 Å². The van der Waals surface area contributed by atoms with E-state index >= 15 is 0 Å². The summed E-state index contributed by atoms with van der Waals surface area (Å²) in [5, 5.41) is 12.5. The minimum Gasteiger partial charge on any atom is -0.493 e. The van der Waals surface area contributed by atoms with Gasteiger partial charge < -0.3 is 29.2 Å². The number of rotatable bonds is 7. The summed E-state index contributed by atoms with van der Waals surface area (Å²) in [6.07, 6.45) is 1.10. The molecule has 2 N–H and O–H groups in total. The van der Waals surface area contributed by atoms with Gasteiger partial charge in [-0.1, -0.05) is 0 Å². The first-order valence-electron chi connectivity index (χ1n) is 11.9. The molecule has 0 radical (unpaired) electrons. The minimum atomic E-state index is -1.19. The number of nitrogens with zero attached hydrogens (tertiary/aromatic N) is 3. The summed E-state index contributed by atoms with van der Waals surface area (Å²) >= 11 is 0. The molecule has 0 aliphatic carbocycles. The van der Waals surface area contributed by atoms with Gasteiger partial charge in [0.15, 0.2) is 11.5 Å². The highest BCUT2D eigenvalue weighted by Gasteiger charge is 2.41. The maximum atomic E-state index is 13.4. The van der Waals surface area contributed by atoms with Crippen molar-refractivity contribution in [2.75, 3.05) is 51.2 Å². The van der Waals surface area contributed by atoms with E-state index in [-0.39, 0.29) is 29.2 Å². The summed E-state index contributed by atoms with van der Waals surface area (Å²) < 4.78 is 21.4. The Balaban J connectivity index is 1.74. The van der Waals surface area contributed by atoms with Crippen molar-refractivity contribution >= 4 is 23.6 Å². The number of H-pyrrole nitrogens is 1. The number of piperidine rings is 1. The number of aromatic nitrogens is 2. The number of esters is 1. The van der Waals surface area contributed by atoms with E-state index in [1.54, 1.807) is 19.1 Å². The molecule has 1 saturated heterocycles. The Labute approximate surface area is 213 Å². The number of aromatic amines is 1. The zero-order valence-corrected chi connectivity index (χ0v) is 21.1. The molecular weight excluding hydrogens is 482 g/mol. The van der Waals surface area contributed by atoms with Crippen LogP contribution in [0.3, 0.4) is 0 Å². The standard InChI is InChI=1S/C25H29N5O7/c1-5-37-24(33)13-6-8-30(9-7-13)25-28-21-19(23(32)29-25)18(15(12-26)22(31)27-21)14-10-16(34-2)20(36-4)17(11-14)35-3/h10-11,13,15,18H,5-9H2,1-4H3,(H2,27,28,29,31,32). The number of nitrogens with one attached hydrogen (secondary N) is 2. The molecule has 2 aliphatic heterocycles. The molecule has 1 aromatic heterocycles. The van der Waals surface area contributed by atoms with Gasteiger partial charge in [0.1, 0.15) is 11.7 Å². The smallest absolute Gasteiger partial charge is 0.309 e. The quantitative estimate of drug-likeness (QED) is 0.526. The number of anilines is 2. The van der Waals surface area contributed by atoms with Crippen molar-refractivity contribution in [2.45, 2.75) is 25.7 Å². The monoisotopic (exact) mass is 511 g/mol. The van der Waals surface area contributed by atoms with Gasteiger partial charge in [-0.3, -0.25) is 19.4 Å². The van der Waals surface area contributed by atoms with Gasteiger partial charge in [-0.05, 0) is 37.5 Å². The van der Waals surface area contributed by atoms with Crippen LogP contribution in [-0.2, 0) is 14.3 Å². The fraction of sp³-hybridized carbons (Fsp3) is 0.480. The third-order valence-electron chi connectivity index (χ3n) is 6.71. The van der Waals surface area contributed by atoms with Crippen LogP contribution in [0.15, 0.2) is 16.9 Å². The maximum absolute atomic E-state index is 13.4. The maximum Gasteiger partial charge on any atom is 0.309 e. The van der Waals surface area contributed by atoms with Crippen molar-refractivity contribution in [3.05, 3.63) is 33.6 Å². The van der Waals surface area contributed by atoms with Crippen LogP contribution in [-0.4, -0.2) is 62.9 Å². The first-order valence-corrected chi connectivity index (χ1v) is 11.9. The van der Waals surface area contributed by atoms with Gasteiger partial charge in [-0.2, -0.15) is 10.2 Å². The Hall–Kier alpha value is -4.27. The van der Waals surface area contributed by atoms with E-state index in [9.17, 15) is 19.6 Å². The molecule has 4 rings (SSSR count). The number of hydrogen-bond acceptors (Lipinski definition) is 10. The highest BCUT2D eigenvalue weighted by Crippen LogP contribution is 2.45. The van der Waals surface area contributed by atoms with E-state index in [4.69, 9.17) is 18.9 Å². The third kappa shape index (κ3) is 4.76. The Morgan fingerprint density at radius 3 is 2.32 bits per heavy atom. The molecule has 3 heterocycles. The van der Waals surface area contributed by atoms with Crippen LogP contribution in [0.4, 0.5) is 11.8 Å². The minimum absolute atomic E-state index is 0.0847. The van der Waals surface area contributed by atoms with Crippen molar-refractivity contribution < 1.29 is 28.5 Å². The summed E-state index contributed by atoms with van der Waals surface area (Å²) in [4.78, 5) is 47.6. The Bertz CT molecular complexity index is 1270. The molecule has 1 fully saturated rings. The second-order valence-electron chi connectivity index (χ2n) is 8.70. The molecule has 37 heavy (non-hydrogen) atoms. The summed E-state index contributed by atoms with van der Waals surface area (Å²) in [6.45, 7) is 3.06. The van der Waals surface area contributed by atoms with Gasteiger partial charge in [0.25, 0.3) is 5.56 Å². The van der Waals surface area contributed by atoms with Gasteiger partial charge in [-0.15, -0.1) is 0 Å². The molecule has 1 amide bonds. The van der Waals surface area contributed by atoms with Crippen LogP contribution in [0.2, 0.25) is 0 Å². The highest BCUT2D eigenvalue weighted by molar-refractivity contribution is 5.98. The number of benzene rings is 1. The number of carbonyl (C=O) groups is 2. The largest absolute Gasteiger partial charge is 0.493 e. The first-order chi connectivity index (χ1) is 17.9. The lowest BCUT2D eigenvalue weighted by molar-refractivity contribution is -0.148. The molecule has 0 spiro atoms. The fourth-order valence-corrected chi connectivity index (χ4v) is 4.88. The zero-order chi connectivity index (χ0) is 26.7. The number of hydrogen-bond donors (Lipinski definition) is 2. The van der Waals surface area contributed by atoms with Crippen LogP contribution >= 0.6 is 0 Å². The molecule has 2 aromatic rings. The Morgan fingerprint density at radius 1 is 1.14 bits per heavy atom. The molecule has 196 valence electrons. The normalized spacial score (nSPS) is 19.3. The average Bonchev–Trinajstić information content (AvgIpc) is 2.91. The van der Waals surface area contributed by atoms with Crippen LogP contribution in [0.1, 0.15) is 36.8 Å². The topological polar surface area (TPSA) is 156 Å². The zero-order valence-electron chi connectivity index (χ0n) is 21.1. The van der Waals surface area contributed by atoms with Crippen LogP contribution in [0.5, 0.6) is 17.2 Å². The van der Waals surface area contributed by atoms with Gasteiger partial charge in [0.05, 0.1) is 45.5 Å². The van der Waals surface area contributed by atoms with Crippen molar-refractivity contribution in [2.24, 2.45) is 11.8 Å². The second-order valence-corrected chi connectivity index (χ2v) is 8.70. The number of fused-ring (bicyclic) bond motifs is 1. The number of amides is 1. The van der Waals surface area contributed by atoms with Crippen molar-refractivity contribution in [3.8, 4) is 23.3 Å². The molecule has 1 aromatic carbocycles. The van der Waals surface area contributed by atoms with E-state index in [1.165, 1.54) is 21.3 Å². The number of nitriles is 1. The van der Waals surface area contributed by atoms with Crippen molar-refractivity contribution in [1.29, 1.82) is 5.26 Å². The van der Waals surface area contributed by atoms with Crippen molar-refractivity contribution in [1.82, 2.24) is 9.97 Å². The Morgan fingerprint density at radius 2 is 1.78 bits per heavy atom. The molecule has 12 nitrogen and oxygen atoms in total. The summed E-state index contributed by atoms with van der Waals surface area (Å²) in [5.74, 6) is -1.76.